The number of hydrogen-bond donors (Lipinski definition) is 0. The molecule has 0 radical (unpaired) electrons. The Morgan fingerprint density at radius 2 is 1.41 bits per heavy atom. The summed E-state index contributed by atoms with van der Waals surface area (Å²) in [5.41, 5.74) is 1.88. The fourth-order valence-corrected chi connectivity index (χ4v) is 4.88. The van der Waals surface area contributed by atoms with Gasteiger partial charge >= 0.3 is 0 Å². The summed E-state index contributed by atoms with van der Waals surface area (Å²) in [7, 11) is -3.17. The number of nitrogens with zero attached hydrogens (tertiary/aromatic N) is 2. The molecule has 7 heteroatoms. The second-order valence-electron chi connectivity index (χ2n) is 7.77. The molecule has 2 heterocycles. The Kier molecular flexibility index (Phi) is 6.01. The van der Waals surface area contributed by atoms with Crippen LogP contribution < -0.4 is 0 Å². The molecule has 0 unspecified atom stereocenters. The summed E-state index contributed by atoms with van der Waals surface area (Å²) >= 11 is 0. The number of amides is 1. The largest absolute Gasteiger partial charge is 0.342 e. The molecule has 0 aromatic heterocycles. The predicted molar refractivity (Wildman–Crippen MR) is 104 cm³/mol. The van der Waals surface area contributed by atoms with E-state index in [9.17, 15) is 18.0 Å². The van der Waals surface area contributed by atoms with E-state index in [1.54, 1.807) is 0 Å². The van der Waals surface area contributed by atoms with Gasteiger partial charge in [0.15, 0.2) is 5.78 Å². The molecule has 0 bridgehead atoms. The van der Waals surface area contributed by atoms with Crippen molar-refractivity contribution in [2.45, 2.75) is 32.6 Å². The van der Waals surface area contributed by atoms with Crippen LogP contribution in [0.15, 0.2) is 24.3 Å². The summed E-state index contributed by atoms with van der Waals surface area (Å²) in [6.07, 6.45) is 3.76. The van der Waals surface area contributed by atoms with Crippen LogP contribution in [0, 0.1) is 18.8 Å². The highest BCUT2D eigenvalue weighted by Gasteiger charge is 2.34. The van der Waals surface area contributed by atoms with Gasteiger partial charge in [0.1, 0.15) is 0 Å². The molecule has 6 nitrogen and oxygen atoms in total. The molecule has 148 valence electrons. The number of sulfonamides is 1. The number of piperidine rings is 2. The van der Waals surface area contributed by atoms with E-state index in [-0.39, 0.29) is 23.5 Å². The molecule has 2 aliphatic rings. The van der Waals surface area contributed by atoms with Crippen LogP contribution in [0.4, 0.5) is 0 Å². The van der Waals surface area contributed by atoms with Crippen LogP contribution in [0.3, 0.4) is 0 Å². The van der Waals surface area contributed by atoms with E-state index in [1.807, 2.05) is 36.1 Å². The van der Waals surface area contributed by atoms with Crippen molar-refractivity contribution in [3.05, 3.63) is 35.4 Å². The average molecular weight is 393 g/mol. The Labute approximate surface area is 161 Å². The minimum atomic E-state index is -3.17. The van der Waals surface area contributed by atoms with Crippen molar-refractivity contribution in [3.8, 4) is 0 Å². The van der Waals surface area contributed by atoms with E-state index in [4.69, 9.17) is 0 Å². The summed E-state index contributed by atoms with van der Waals surface area (Å²) in [6.45, 7) is 4.04. The molecule has 0 N–H and O–H groups in total. The van der Waals surface area contributed by atoms with Crippen LogP contribution >= 0.6 is 0 Å². The Bertz CT molecular complexity index is 788. The van der Waals surface area contributed by atoms with Crippen molar-refractivity contribution in [1.82, 2.24) is 9.21 Å². The number of benzene rings is 1. The molecule has 1 aromatic carbocycles. The van der Waals surface area contributed by atoms with Gasteiger partial charge < -0.3 is 4.90 Å². The van der Waals surface area contributed by atoms with Gasteiger partial charge in [-0.2, -0.15) is 0 Å². The van der Waals surface area contributed by atoms with Gasteiger partial charge in [-0.1, -0.05) is 29.8 Å². The molecule has 0 atom stereocenters. The van der Waals surface area contributed by atoms with Gasteiger partial charge in [-0.05, 0) is 32.6 Å². The summed E-state index contributed by atoms with van der Waals surface area (Å²) in [5.74, 6) is 0.157. The van der Waals surface area contributed by atoms with Crippen molar-refractivity contribution in [1.29, 1.82) is 0 Å². The van der Waals surface area contributed by atoms with Crippen molar-refractivity contribution in [2.75, 3.05) is 32.4 Å². The minimum Gasteiger partial charge on any atom is -0.342 e. The Hall–Kier alpha value is -1.73. The Morgan fingerprint density at radius 3 is 1.93 bits per heavy atom. The summed E-state index contributed by atoms with van der Waals surface area (Å²) in [6, 6.07) is 7.67. The lowest BCUT2D eigenvalue weighted by Gasteiger charge is -2.36. The number of aryl methyl sites for hydroxylation is 1. The topological polar surface area (TPSA) is 74.8 Å². The third kappa shape index (κ3) is 4.76. The quantitative estimate of drug-likeness (QED) is 0.736. The van der Waals surface area contributed by atoms with Gasteiger partial charge in [-0.3, -0.25) is 9.59 Å². The van der Waals surface area contributed by atoms with E-state index in [0.29, 0.717) is 51.9 Å². The minimum absolute atomic E-state index is 0.0242. The molecule has 1 amide bonds. The SMILES string of the molecule is Cc1ccc(C(=O)C2CCN(C(=O)C3CCN(S(C)(=O)=O)CC3)CC2)cc1. The standard InChI is InChI=1S/C20H28N2O4S/c1-15-3-5-16(6-4-15)19(23)17-7-11-21(12-8-17)20(24)18-9-13-22(14-10-18)27(2,25)26/h3-6,17-18H,7-14H2,1-2H3. The van der Waals surface area contributed by atoms with E-state index >= 15 is 0 Å². The van der Waals surface area contributed by atoms with Gasteiger partial charge in [-0.15, -0.1) is 0 Å². The van der Waals surface area contributed by atoms with Crippen molar-refractivity contribution < 1.29 is 18.0 Å². The highest BCUT2D eigenvalue weighted by atomic mass is 32.2. The van der Waals surface area contributed by atoms with Gasteiger partial charge in [0.2, 0.25) is 15.9 Å². The summed E-state index contributed by atoms with van der Waals surface area (Å²) in [4.78, 5) is 27.3. The molecule has 0 aliphatic carbocycles. The number of hydrogen-bond acceptors (Lipinski definition) is 4. The molecular weight excluding hydrogens is 364 g/mol. The fraction of sp³-hybridized carbons (Fsp3) is 0.600. The Morgan fingerprint density at radius 1 is 0.889 bits per heavy atom. The van der Waals surface area contributed by atoms with Crippen LogP contribution in [-0.2, 0) is 14.8 Å². The molecule has 1 aromatic rings. The maximum absolute atomic E-state index is 12.8. The molecule has 27 heavy (non-hydrogen) atoms. The molecule has 2 aliphatic heterocycles. The van der Waals surface area contributed by atoms with Crippen LogP contribution in [0.25, 0.3) is 0 Å². The lowest BCUT2D eigenvalue weighted by atomic mass is 9.87. The number of likely N-dealkylation sites (tertiary alicyclic amines) is 1. The highest BCUT2D eigenvalue weighted by Crippen LogP contribution is 2.26. The number of Topliss-reactive ketones (excluding diaryl/α,β-unsaturated/α-hetero) is 1. The molecule has 2 saturated heterocycles. The monoisotopic (exact) mass is 392 g/mol. The van der Waals surface area contributed by atoms with E-state index in [1.165, 1.54) is 10.6 Å². The first kappa shape index (κ1) is 20.0. The van der Waals surface area contributed by atoms with Crippen molar-refractivity contribution in [3.63, 3.8) is 0 Å². The number of ketones is 1. The maximum atomic E-state index is 12.8. The number of carbonyl (C=O) groups is 2. The predicted octanol–water partition coefficient (Wildman–Crippen LogP) is 2.09. The smallest absolute Gasteiger partial charge is 0.225 e. The summed E-state index contributed by atoms with van der Waals surface area (Å²) < 4.78 is 24.6. The molecule has 0 spiro atoms. The number of carbonyl (C=O) groups excluding carboxylic acids is 2. The molecule has 3 rings (SSSR count). The van der Waals surface area contributed by atoms with Gasteiger partial charge in [0, 0.05) is 43.6 Å². The van der Waals surface area contributed by atoms with E-state index in [2.05, 4.69) is 0 Å². The second-order valence-corrected chi connectivity index (χ2v) is 9.75. The fourth-order valence-electron chi connectivity index (χ4n) is 4.01. The second kappa shape index (κ2) is 8.10. The first-order valence-electron chi connectivity index (χ1n) is 9.60. The van der Waals surface area contributed by atoms with Crippen LogP contribution in [0.1, 0.15) is 41.6 Å². The van der Waals surface area contributed by atoms with Crippen LogP contribution in [0.5, 0.6) is 0 Å². The summed E-state index contributed by atoms with van der Waals surface area (Å²) in [5, 5.41) is 0. The lowest BCUT2D eigenvalue weighted by molar-refractivity contribution is -0.138. The third-order valence-corrected chi connectivity index (χ3v) is 7.09. The zero-order chi connectivity index (χ0) is 19.6. The third-order valence-electron chi connectivity index (χ3n) is 5.79. The van der Waals surface area contributed by atoms with Crippen LogP contribution in [-0.4, -0.2) is 61.7 Å². The lowest BCUT2D eigenvalue weighted by Crippen LogP contribution is -2.47. The zero-order valence-corrected chi connectivity index (χ0v) is 16.9. The van der Waals surface area contributed by atoms with Gasteiger partial charge in [0.25, 0.3) is 0 Å². The first-order valence-corrected chi connectivity index (χ1v) is 11.5. The molecule has 0 saturated carbocycles. The van der Waals surface area contributed by atoms with Crippen molar-refractivity contribution in [2.24, 2.45) is 11.8 Å². The Balaban J connectivity index is 1.51. The zero-order valence-electron chi connectivity index (χ0n) is 16.1. The van der Waals surface area contributed by atoms with Crippen LogP contribution in [0.2, 0.25) is 0 Å². The average Bonchev–Trinajstić information content (AvgIpc) is 2.67. The first-order chi connectivity index (χ1) is 12.8. The normalized spacial score (nSPS) is 20.6. The van der Waals surface area contributed by atoms with E-state index < -0.39 is 10.0 Å². The molecular formula is C20H28N2O4S. The maximum Gasteiger partial charge on any atom is 0.225 e. The highest BCUT2D eigenvalue weighted by molar-refractivity contribution is 7.88. The van der Waals surface area contributed by atoms with Gasteiger partial charge in [-0.25, -0.2) is 12.7 Å². The van der Waals surface area contributed by atoms with Gasteiger partial charge in [0.05, 0.1) is 6.26 Å². The van der Waals surface area contributed by atoms with Crippen molar-refractivity contribution >= 4 is 21.7 Å². The van der Waals surface area contributed by atoms with E-state index in [0.717, 1.165) is 11.1 Å². The molecule has 2 fully saturated rings. The number of rotatable bonds is 4.